The molecule has 4 aromatic rings. The van der Waals surface area contributed by atoms with E-state index in [1.54, 1.807) is 7.11 Å². The summed E-state index contributed by atoms with van der Waals surface area (Å²) in [5.41, 5.74) is 4.53. The molecule has 0 N–H and O–H groups in total. The highest BCUT2D eigenvalue weighted by Crippen LogP contribution is 2.29. The molecule has 0 aliphatic carbocycles. The summed E-state index contributed by atoms with van der Waals surface area (Å²) in [6.45, 7) is 9.94. The zero-order valence-corrected chi connectivity index (χ0v) is 20.9. The molecule has 1 aromatic heterocycles. The fourth-order valence-electron chi connectivity index (χ4n) is 4.11. The smallest absolute Gasteiger partial charge is 0.161 e. The number of aromatic nitrogens is 2. The van der Waals surface area contributed by atoms with Gasteiger partial charge in [0.1, 0.15) is 18.2 Å². The lowest BCUT2D eigenvalue weighted by Gasteiger charge is -2.14. The maximum Gasteiger partial charge on any atom is 0.161 e. The van der Waals surface area contributed by atoms with Gasteiger partial charge in [0.2, 0.25) is 0 Å². The highest BCUT2D eigenvalue weighted by atomic mass is 16.5. The first-order chi connectivity index (χ1) is 17.1. The van der Waals surface area contributed by atoms with E-state index in [4.69, 9.17) is 19.2 Å². The molecule has 5 nitrogen and oxygen atoms in total. The number of allylic oxidation sites excluding steroid dienone is 1. The van der Waals surface area contributed by atoms with Crippen molar-refractivity contribution in [1.82, 2.24) is 9.55 Å². The van der Waals surface area contributed by atoms with Crippen LogP contribution in [0.5, 0.6) is 17.2 Å². The van der Waals surface area contributed by atoms with E-state index >= 15 is 0 Å². The van der Waals surface area contributed by atoms with Crippen LogP contribution in [0.15, 0.2) is 79.4 Å². The third-order valence-corrected chi connectivity index (χ3v) is 6.04. The molecule has 0 unspecified atom stereocenters. The van der Waals surface area contributed by atoms with Crippen molar-refractivity contribution in [2.24, 2.45) is 0 Å². The normalized spacial score (nSPS) is 11.1. The third kappa shape index (κ3) is 6.04. The monoisotopic (exact) mass is 470 g/mol. The van der Waals surface area contributed by atoms with Crippen LogP contribution in [0.4, 0.5) is 0 Å². The number of para-hydroxylation sites is 2. The molecule has 0 saturated carbocycles. The highest BCUT2D eigenvalue weighted by Gasteiger charge is 2.12. The first-order valence-corrected chi connectivity index (χ1v) is 12.2. The highest BCUT2D eigenvalue weighted by molar-refractivity contribution is 5.75. The SMILES string of the molecule is C=CCc1ccc(OCCCn2c(COc3ccc(C(C)C)cc3)nc3ccccc32)c(OC)c1. The van der Waals surface area contributed by atoms with Crippen LogP contribution < -0.4 is 14.2 Å². The second kappa shape index (κ2) is 11.6. The van der Waals surface area contributed by atoms with Crippen LogP contribution in [-0.2, 0) is 19.6 Å². The van der Waals surface area contributed by atoms with Gasteiger partial charge in [0.05, 0.1) is 24.8 Å². The first kappa shape index (κ1) is 24.4. The Balaban J connectivity index is 1.41. The number of aryl methyl sites for hydroxylation is 1. The molecule has 35 heavy (non-hydrogen) atoms. The Labute approximate surface area is 208 Å². The van der Waals surface area contributed by atoms with E-state index < -0.39 is 0 Å². The average molecular weight is 471 g/mol. The van der Waals surface area contributed by atoms with E-state index in [1.165, 1.54) is 5.56 Å². The lowest BCUT2D eigenvalue weighted by molar-refractivity contribution is 0.273. The number of methoxy groups -OCH3 is 1. The molecule has 0 bridgehead atoms. The van der Waals surface area contributed by atoms with Gasteiger partial charge in [-0.3, -0.25) is 0 Å². The van der Waals surface area contributed by atoms with E-state index in [0.29, 0.717) is 19.1 Å². The lowest BCUT2D eigenvalue weighted by Crippen LogP contribution is -2.10. The van der Waals surface area contributed by atoms with Gasteiger partial charge in [-0.15, -0.1) is 6.58 Å². The van der Waals surface area contributed by atoms with Crippen molar-refractivity contribution in [1.29, 1.82) is 0 Å². The Morgan fingerprint density at radius 1 is 0.971 bits per heavy atom. The Hall–Kier alpha value is -3.73. The Kier molecular flexibility index (Phi) is 8.09. The van der Waals surface area contributed by atoms with Gasteiger partial charge in [0.15, 0.2) is 11.5 Å². The van der Waals surface area contributed by atoms with E-state index in [2.05, 4.69) is 43.2 Å². The predicted octanol–water partition coefficient (Wildman–Crippen LogP) is 6.94. The van der Waals surface area contributed by atoms with Crippen molar-refractivity contribution >= 4 is 11.0 Å². The molecular weight excluding hydrogens is 436 g/mol. The second-order valence-corrected chi connectivity index (χ2v) is 8.86. The van der Waals surface area contributed by atoms with E-state index in [9.17, 15) is 0 Å². The lowest BCUT2D eigenvalue weighted by atomic mass is 10.0. The molecule has 0 fully saturated rings. The number of hydrogen-bond acceptors (Lipinski definition) is 4. The van der Waals surface area contributed by atoms with Crippen molar-refractivity contribution in [3.8, 4) is 17.2 Å². The van der Waals surface area contributed by atoms with Crippen LogP contribution >= 0.6 is 0 Å². The number of hydrogen-bond donors (Lipinski definition) is 0. The molecule has 0 aliphatic heterocycles. The Morgan fingerprint density at radius 2 is 1.77 bits per heavy atom. The van der Waals surface area contributed by atoms with Gasteiger partial charge in [-0.05, 0) is 66.3 Å². The summed E-state index contributed by atoms with van der Waals surface area (Å²) in [5, 5.41) is 0. The van der Waals surface area contributed by atoms with Crippen LogP contribution in [0.3, 0.4) is 0 Å². The topological polar surface area (TPSA) is 45.5 Å². The summed E-state index contributed by atoms with van der Waals surface area (Å²) in [5.74, 6) is 3.76. The van der Waals surface area contributed by atoms with Gasteiger partial charge >= 0.3 is 0 Å². The fraction of sp³-hybridized carbons (Fsp3) is 0.300. The summed E-state index contributed by atoms with van der Waals surface area (Å²) >= 11 is 0. The van der Waals surface area contributed by atoms with Crippen LogP contribution in [0.2, 0.25) is 0 Å². The fourth-order valence-corrected chi connectivity index (χ4v) is 4.11. The molecule has 0 saturated heterocycles. The maximum atomic E-state index is 6.10. The molecular formula is C30H34N2O3. The van der Waals surface area contributed by atoms with E-state index in [-0.39, 0.29) is 0 Å². The minimum atomic E-state index is 0.412. The number of rotatable bonds is 12. The zero-order chi connectivity index (χ0) is 24.6. The maximum absolute atomic E-state index is 6.10. The molecule has 1 heterocycles. The first-order valence-electron chi connectivity index (χ1n) is 12.2. The molecule has 182 valence electrons. The van der Waals surface area contributed by atoms with Crippen LogP contribution in [0, 0.1) is 0 Å². The summed E-state index contributed by atoms with van der Waals surface area (Å²) in [6, 6.07) is 22.5. The minimum Gasteiger partial charge on any atom is -0.493 e. The second-order valence-electron chi connectivity index (χ2n) is 8.86. The van der Waals surface area contributed by atoms with Gasteiger partial charge in [0, 0.05) is 6.54 Å². The third-order valence-electron chi connectivity index (χ3n) is 6.04. The van der Waals surface area contributed by atoms with Crippen molar-refractivity contribution in [3.63, 3.8) is 0 Å². The number of fused-ring (bicyclic) bond motifs is 1. The molecule has 5 heteroatoms. The molecule has 0 amide bonds. The Bertz CT molecular complexity index is 1260. The van der Waals surface area contributed by atoms with E-state index in [0.717, 1.165) is 59.1 Å². The summed E-state index contributed by atoms with van der Waals surface area (Å²) in [4.78, 5) is 4.83. The largest absolute Gasteiger partial charge is 0.493 e. The van der Waals surface area contributed by atoms with Crippen molar-refractivity contribution in [3.05, 3.63) is 96.3 Å². The molecule has 4 rings (SSSR count). The van der Waals surface area contributed by atoms with Gasteiger partial charge in [-0.1, -0.05) is 50.3 Å². The van der Waals surface area contributed by atoms with Gasteiger partial charge in [-0.2, -0.15) is 0 Å². The van der Waals surface area contributed by atoms with Crippen molar-refractivity contribution in [2.75, 3.05) is 13.7 Å². The Morgan fingerprint density at radius 3 is 2.51 bits per heavy atom. The predicted molar refractivity (Wildman–Crippen MR) is 142 cm³/mol. The van der Waals surface area contributed by atoms with Gasteiger partial charge < -0.3 is 18.8 Å². The quantitative estimate of drug-likeness (QED) is 0.166. The number of benzene rings is 3. The standard InChI is InChI=1S/C30H34N2O3/c1-5-9-23-12-17-28(29(20-23)33-4)34-19-8-18-32-27-11-7-6-10-26(27)31-30(32)21-35-25-15-13-24(14-16-25)22(2)3/h5-7,10-17,20,22H,1,8-9,18-19,21H2,2-4H3. The molecule has 0 atom stereocenters. The number of nitrogens with zero attached hydrogens (tertiary/aromatic N) is 2. The van der Waals surface area contributed by atoms with E-state index in [1.807, 2.05) is 54.6 Å². The molecule has 0 radical (unpaired) electrons. The number of ether oxygens (including phenoxy) is 3. The van der Waals surface area contributed by atoms with Crippen molar-refractivity contribution in [2.45, 2.75) is 45.8 Å². The minimum absolute atomic E-state index is 0.412. The van der Waals surface area contributed by atoms with Crippen LogP contribution in [-0.4, -0.2) is 23.3 Å². The summed E-state index contributed by atoms with van der Waals surface area (Å²) in [6.07, 6.45) is 3.51. The zero-order valence-electron chi connectivity index (χ0n) is 20.9. The van der Waals surface area contributed by atoms with Crippen LogP contribution in [0.1, 0.15) is 43.1 Å². The average Bonchev–Trinajstić information content (AvgIpc) is 3.23. The summed E-state index contributed by atoms with van der Waals surface area (Å²) in [7, 11) is 1.67. The van der Waals surface area contributed by atoms with Crippen LogP contribution in [0.25, 0.3) is 11.0 Å². The molecule has 0 aliphatic rings. The van der Waals surface area contributed by atoms with Gasteiger partial charge in [0.25, 0.3) is 0 Å². The molecule has 0 spiro atoms. The van der Waals surface area contributed by atoms with Gasteiger partial charge in [-0.25, -0.2) is 4.98 Å². The molecule has 3 aromatic carbocycles. The number of imidazole rings is 1. The summed E-state index contributed by atoms with van der Waals surface area (Å²) < 4.78 is 19.9. The van der Waals surface area contributed by atoms with Crippen molar-refractivity contribution < 1.29 is 14.2 Å².